The highest BCUT2D eigenvalue weighted by Gasteiger charge is 2.51. The van der Waals surface area contributed by atoms with Gasteiger partial charge in [0, 0.05) is 12.1 Å². The summed E-state index contributed by atoms with van der Waals surface area (Å²) >= 11 is 0. The number of hydrogen-bond donors (Lipinski definition) is 1. The molecule has 0 saturated carbocycles. The van der Waals surface area contributed by atoms with Crippen molar-refractivity contribution >= 4 is 15.7 Å². The van der Waals surface area contributed by atoms with Crippen LogP contribution in [0, 0.1) is 6.92 Å². The minimum Gasteiger partial charge on any atom is -0.508 e. The molecule has 1 aromatic carbocycles. The molecule has 106 valence electrons. The second kappa shape index (κ2) is 4.29. The maximum Gasteiger partial charge on any atom is 0.516 e. The number of sulfonamides is 1. The molecule has 0 radical (unpaired) electrons. The summed E-state index contributed by atoms with van der Waals surface area (Å²) in [6, 6.07) is 2.75. The first-order chi connectivity index (χ1) is 8.64. The van der Waals surface area contributed by atoms with E-state index in [9.17, 15) is 26.7 Å². The molecule has 1 N–H and O–H groups in total. The van der Waals surface area contributed by atoms with Gasteiger partial charge in [-0.25, -0.2) is 0 Å². The van der Waals surface area contributed by atoms with E-state index in [0.29, 0.717) is 16.3 Å². The van der Waals surface area contributed by atoms with Gasteiger partial charge in [0.05, 0.1) is 5.69 Å². The summed E-state index contributed by atoms with van der Waals surface area (Å²) in [5.41, 5.74) is -4.69. The van der Waals surface area contributed by atoms with Crippen LogP contribution >= 0.6 is 0 Å². The van der Waals surface area contributed by atoms with Crippen molar-refractivity contribution in [1.29, 1.82) is 0 Å². The summed E-state index contributed by atoms with van der Waals surface area (Å²) in [6.45, 7) is 1.34. The van der Waals surface area contributed by atoms with E-state index in [1.54, 1.807) is 6.92 Å². The molecule has 0 aliphatic carbocycles. The normalized spacial score (nSPS) is 16.3. The Morgan fingerprint density at radius 2 is 1.95 bits per heavy atom. The molecule has 0 atom stereocenters. The fraction of sp³-hybridized carbons (Fsp3) is 0.455. The van der Waals surface area contributed by atoms with Crippen molar-refractivity contribution in [2.45, 2.75) is 25.3 Å². The van der Waals surface area contributed by atoms with Crippen LogP contribution in [-0.2, 0) is 16.4 Å². The SMILES string of the molecule is Cc1cc(O)c2c(c1)N(S(=O)(=O)C(F)(F)F)CCC2. The molecular weight excluding hydrogens is 283 g/mol. The first kappa shape index (κ1) is 14.0. The van der Waals surface area contributed by atoms with E-state index in [1.807, 2.05) is 0 Å². The minimum atomic E-state index is -5.42. The molecule has 8 heteroatoms. The van der Waals surface area contributed by atoms with Crippen molar-refractivity contribution in [2.75, 3.05) is 10.8 Å². The van der Waals surface area contributed by atoms with E-state index < -0.39 is 15.5 Å². The molecule has 1 aliphatic heterocycles. The van der Waals surface area contributed by atoms with Crippen LogP contribution in [0.4, 0.5) is 18.9 Å². The van der Waals surface area contributed by atoms with Gasteiger partial charge in [-0.3, -0.25) is 4.31 Å². The second-order valence-electron chi connectivity index (χ2n) is 4.41. The topological polar surface area (TPSA) is 57.6 Å². The zero-order chi connectivity index (χ0) is 14.4. The Kier molecular flexibility index (Phi) is 3.16. The molecule has 1 aliphatic rings. The lowest BCUT2D eigenvalue weighted by molar-refractivity contribution is -0.0438. The van der Waals surface area contributed by atoms with E-state index in [-0.39, 0.29) is 30.0 Å². The van der Waals surface area contributed by atoms with Gasteiger partial charge in [-0.2, -0.15) is 21.6 Å². The Hall–Kier alpha value is -1.44. The van der Waals surface area contributed by atoms with Gasteiger partial charge in [0.1, 0.15) is 5.75 Å². The highest BCUT2D eigenvalue weighted by Crippen LogP contribution is 2.39. The molecule has 1 heterocycles. The Morgan fingerprint density at radius 1 is 1.32 bits per heavy atom. The Labute approximate surface area is 108 Å². The van der Waals surface area contributed by atoms with E-state index >= 15 is 0 Å². The van der Waals surface area contributed by atoms with Gasteiger partial charge >= 0.3 is 15.5 Å². The third-order valence-corrected chi connectivity index (χ3v) is 4.53. The minimum absolute atomic E-state index is 0.0823. The van der Waals surface area contributed by atoms with Crippen LogP contribution < -0.4 is 4.31 Å². The second-order valence-corrected chi connectivity index (χ2v) is 6.26. The van der Waals surface area contributed by atoms with Crippen LogP contribution in [-0.4, -0.2) is 25.6 Å². The number of nitrogens with zero attached hydrogens (tertiary/aromatic N) is 1. The summed E-state index contributed by atoms with van der Waals surface area (Å²) in [6.07, 6.45) is 0.588. The molecule has 0 spiro atoms. The van der Waals surface area contributed by atoms with Crippen LogP contribution in [0.1, 0.15) is 17.5 Å². The quantitative estimate of drug-likeness (QED) is 0.865. The molecule has 0 bridgehead atoms. The Morgan fingerprint density at radius 3 is 2.53 bits per heavy atom. The molecule has 0 fully saturated rings. The molecule has 0 unspecified atom stereocenters. The number of fused-ring (bicyclic) bond motifs is 1. The summed E-state index contributed by atoms with van der Waals surface area (Å²) in [4.78, 5) is 0. The fourth-order valence-electron chi connectivity index (χ4n) is 2.15. The predicted octanol–water partition coefficient (Wildman–Crippen LogP) is 2.30. The number of phenolic OH excluding ortho intramolecular Hbond substituents is 1. The number of aromatic hydroxyl groups is 1. The van der Waals surface area contributed by atoms with Crippen molar-refractivity contribution in [3.05, 3.63) is 23.3 Å². The molecular formula is C11H12F3NO3S. The third-order valence-electron chi connectivity index (χ3n) is 2.99. The van der Waals surface area contributed by atoms with Crippen molar-refractivity contribution < 1.29 is 26.7 Å². The summed E-state index contributed by atoms with van der Waals surface area (Å²) in [5, 5.41) is 9.72. The van der Waals surface area contributed by atoms with Crippen LogP contribution in [0.3, 0.4) is 0 Å². The monoisotopic (exact) mass is 295 g/mol. The van der Waals surface area contributed by atoms with Crippen LogP contribution in [0.15, 0.2) is 12.1 Å². The first-order valence-corrected chi connectivity index (χ1v) is 7.00. The van der Waals surface area contributed by atoms with Crippen molar-refractivity contribution in [3.63, 3.8) is 0 Å². The Balaban J connectivity index is 2.61. The van der Waals surface area contributed by atoms with Gasteiger partial charge < -0.3 is 5.11 Å². The summed E-state index contributed by atoms with van der Waals surface area (Å²) in [5.74, 6) is -0.169. The molecule has 4 nitrogen and oxygen atoms in total. The average molecular weight is 295 g/mol. The zero-order valence-electron chi connectivity index (χ0n) is 10.0. The lowest BCUT2D eigenvalue weighted by Gasteiger charge is -2.31. The van der Waals surface area contributed by atoms with Crippen molar-refractivity contribution in [3.8, 4) is 5.75 Å². The van der Waals surface area contributed by atoms with Crippen molar-refractivity contribution in [1.82, 2.24) is 0 Å². The number of phenols is 1. The molecule has 0 amide bonds. The van der Waals surface area contributed by atoms with Gasteiger partial charge in [0.15, 0.2) is 0 Å². The first-order valence-electron chi connectivity index (χ1n) is 5.56. The predicted molar refractivity (Wildman–Crippen MR) is 63.5 cm³/mol. The van der Waals surface area contributed by atoms with Gasteiger partial charge in [0.2, 0.25) is 0 Å². The number of anilines is 1. The highest BCUT2D eigenvalue weighted by atomic mass is 32.2. The molecule has 19 heavy (non-hydrogen) atoms. The number of rotatable bonds is 1. The summed E-state index contributed by atoms with van der Waals surface area (Å²) in [7, 11) is -5.42. The van der Waals surface area contributed by atoms with E-state index in [1.165, 1.54) is 12.1 Å². The Bertz CT molecular complexity index is 610. The summed E-state index contributed by atoms with van der Waals surface area (Å²) < 4.78 is 61.2. The number of hydrogen-bond acceptors (Lipinski definition) is 3. The van der Waals surface area contributed by atoms with Crippen LogP contribution in [0.25, 0.3) is 0 Å². The van der Waals surface area contributed by atoms with E-state index in [4.69, 9.17) is 0 Å². The molecule has 2 rings (SSSR count). The van der Waals surface area contributed by atoms with E-state index in [0.717, 1.165) is 0 Å². The number of halogens is 3. The van der Waals surface area contributed by atoms with Gasteiger partial charge in [-0.05, 0) is 37.5 Å². The third kappa shape index (κ3) is 2.24. The number of aryl methyl sites for hydroxylation is 1. The maximum absolute atomic E-state index is 12.6. The molecule has 0 saturated heterocycles. The van der Waals surface area contributed by atoms with Crippen molar-refractivity contribution in [2.24, 2.45) is 0 Å². The standard InChI is InChI=1S/C11H12F3NO3S/c1-7-5-9-8(10(16)6-7)3-2-4-15(9)19(17,18)11(12,13)14/h5-6,16H,2-4H2,1H3. The van der Waals surface area contributed by atoms with E-state index in [2.05, 4.69) is 0 Å². The van der Waals surface area contributed by atoms with Gasteiger partial charge in [-0.15, -0.1) is 0 Å². The zero-order valence-corrected chi connectivity index (χ0v) is 10.8. The van der Waals surface area contributed by atoms with Crippen LogP contribution in [0.2, 0.25) is 0 Å². The molecule has 0 aromatic heterocycles. The largest absolute Gasteiger partial charge is 0.516 e. The fourth-order valence-corrected chi connectivity index (χ4v) is 3.19. The maximum atomic E-state index is 12.6. The average Bonchev–Trinajstić information content (AvgIpc) is 2.26. The smallest absolute Gasteiger partial charge is 0.508 e. The van der Waals surface area contributed by atoms with Gasteiger partial charge in [-0.1, -0.05) is 0 Å². The van der Waals surface area contributed by atoms with Crippen LogP contribution in [0.5, 0.6) is 5.75 Å². The molecule has 1 aromatic rings. The lowest BCUT2D eigenvalue weighted by atomic mass is 10.0. The number of alkyl halides is 3. The van der Waals surface area contributed by atoms with Gasteiger partial charge in [0.25, 0.3) is 0 Å². The lowest BCUT2D eigenvalue weighted by Crippen LogP contribution is -2.43. The highest BCUT2D eigenvalue weighted by molar-refractivity contribution is 7.93. The number of benzene rings is 1.